The predicted molar refractivity (Wildman–Crippen MR) is 236 cm³/mol. The maximum atomic E-state index is 14.3. The molecule has 0 aromatic heterocycles. The van der Waals surface area contributed by atoms with Crippen molar-refractivity contribution in [3.8, 4) is 0 Å². The summed E-state index contributed by atoms with van der Waals surface area (Å²) in [6, 6.07) is 8.13. The number of nitrogens with zero attached hydrogens (tertiary/aromatic N) is 2. The number of ether oxygens (including phenoxy) is 1. The van der Waals surface area contributed by atoms with E-state index < -0.39 is 16.9 Å². The Morgan fingerprint density at radius 1 is 0.966 bits per heavy atom. The number of allylic oxidation sites excluding steroid dienone is 1. The Balaban J connectivity index is 0.00000288. The zero-order valence-corrected chi connectivity index (χ0v) is 38.7. The van der Waals surface area contributed by atoms with E-state index in [1.807, 2.05) is 12.1 Å². The van der Waals surface area contributed by atoms with Crippen LogP contribution in [-0.2, 0) is 25.7 Å². The maximum absolute atomic E-state index is 14.3. The summed E-state index contributed by atoms with van der Waals surface area (Å²) in [6.07, 6.45) is 11.4. The second-order valence-electron chi connectivity index (χ2n) is 21.8. The molecular weight excluding hydrogens is 760 g/mol. The van der Waals surface area contributed by atoms with Crippen molar-refractivity contribution in [3.63, 3.8) is 0 Å². The van der Waals surface area contributed by atoms with Crippen molar-refractivity contribution in [2.24, 2.45) is 56.7 Å². The summed E-state index contributed by atoms with van der Waals surface area (Å²) in [5.74, 6) is 1.93. The van der Waals surface area contributed by atoms with E-state index in [-0.39, 0.29) is 46.4 Å². The monoisotopic (exact) mass is 837 g/mol. The number of halogens is 1. The van der Waals surface area contributed by atoms with Gasteiger partial charge in [-0.25, -0.2) is 0 Å². The van der Waals surface area contributed by atoms with E-state index in [9.17, 15) is 19.5 Å². The lowest BCUT2D eigenvalue weighted by Crippen LogP contribution is -2.63. The highest BCUT2D eigenvalue weighted by Crippen LogP contribution is 2.73. The van der Waals surface area contributed by atoms with Gasteiger partial charge in [-0.1, -0.05) is 84.7 Å². The van der Waals surface area contributed by atoms with Crippen LogP contribution in [0.4, 0.5) is 0 Å². The molecule has 5 fully saturated rings. The van der Waals surface area contributed by atoms with Gasteiger partial charge < -0.3 is 24.6 Å². The molecule has 0 bridgehead atoms. The van der Waals surface area contributed by atoms with E-state index in [1.54, 1.807) is 13.8 Å². The number of fused-ring (bicyclic) bond motifs is 7. The molecule has 8 nitrogen and oxygen atoms in total. The van der Waals surface area contributed by atoms with Crippen LogP contribution in [0, 0.1) is 56.7 Å². The van der Waals surface area contributed by atoms with Crippen LogP contribution in [-0.4, -0.2) is 90.1 Å². The van der Waals surface area contributed by atoms with Gasteiger partial charge in [0.25, 0.3) is 0 Å². The van der Waals surface area contributed by atoms with Crippen molar-refractivity contribution < 1.29 is 29.3 Å². The number of hydrogen-bond donors (Lipinski definition) is 2. The molecular formula is C50H77ClN2O6. The highest BCUT2D eigenvalue weighted by atomic mass is 35.5. The Morgan fingerprint density at radius 3 is 2.27 bits per heavy atom. The summed E-state index contributed by atoms with van der Waals surface area (Å²) in [7, 11) is 1.00. The van der Waals surface area contributed by atoms with Crippen LogP contribution >= 0.6 is 11.6 Å². The summed E-state index contributed by atoms with van der Waals surface area (Å²) >= 11 is 6.28. The zero-order chi connectivity index (χ0) is 43.1. The van der Waals surface area contributed by atoms with E-state index in [0.717, 1.165) is 108 Å². The molecule has 0 radical (unpaired) electrons. The molecule has 330 valence electrons. The van der Waals surface area contributed by atoms with Gasteiger partial charge in [-0.2, -0.15) is 0 Å². The van der Waals surface area contributed by atoms with Crippen LogP contribution in [0.5, 0.6) is 0 Å². The van der Waals surface area contributed by atoms with Crippen molar-refractivity contribution >= 4 is 29.6 Å². The molecule has 8 unspecified atom stereocenters. The number of benzene rings is 1. The van der Waals surface area contributed by atoms with Crippen LogP contribution in [0.15, 0.2) is 35.4 Å². The van der Waals surface area contributed by atoms with E-state index in [2.05, 4.69) is 63.5 Å². The van der Waals surface area contributed by atoms with Gasteiger partial charge in [0, 0.05) is 61.0 Å². The fraction of sp³-hybridized carbons (Fsp3) is 0.780. The molecule has 1 aromatic rings. The molecule has 4 saturated carbocycles. The first kappa shape index (κ1) is 46.4. The average molecular weight is 838 g/mol. The first-order valence-electron chi connectivity index (χ1n) is 23.1. The minimum atomic E-state index is -0.720. The number of carbonyl (C=O) groups excluding carboxylic acids is 3. The normalized spacial score (nSPS) is 34.7. The first-order valence-corrected chi connectivity index (χ1v) is 23.5. The van der Waals surface area contributed by atoms with Gasteiger partial charge in [0.2, 0.25) is 0 Å². The Morgan fingerprint density at radius 2 is 1.63 bits per heavy atom. The van der Waals surface area contributed by atoms with Gasteiger partial charge in [0.1, 0.15) is 12.4 Å². The third kappa shape index (κ3) is 8.79. The molecule has 1 saturated heterocycles. The van der Waals surface area contributed by atoms with Gasteiger partial charge in [0.15, 0.2) is 5.78 Å². The molecule has 2 N–H and O–H groups in total. The highest BCUT2D eigenvalue weighted by Gasteiger charge is 2.67. The van der Waals surface area contributed by atoms with E-state index >= 15 is 0 Å². The lowest BCUT2D eigenvalue weighted by atomic mass is 9.36. The number of Topliss-reactive ketones (excluding diaryl/α,β-unsaturated/α-hetero) is 1. The van der Waals surface area contributed by atoms with Crippen molar-refractivity contribution in [2.75, 3.05) is 39.8 Å². The Kier molecular flexibility index (Phi) is 14.1. The van der Waals surface area contributed by atoms with E-state index in [0.29, 0.717) is 36.6 Å². The number of aldehydes is 1. The Bertz CT molecular complexity index is 1700. The summed E-state index contributed by atoms with van der Waals surface area (Å²) in [5.41, 5.74) is 2.44. The lowest BCUT2D eigenvalue weighted by Gasteiger charge is -2.69. The number of likely N-dealkylation sites (tertiary alicyclic amines) is 1. The summed E-state index contributed by atoms with van der Waals surface area (Å²) in [5, 5.41) is 20.5. The molecule has 9 atom stereocenters. The minimum Gasteiger partial charge on any atom is -0.462 e. The average Bonchev–Trinajstić information content (AvgIpc) is 3.82. The molecule has 7 rings (SSSR count). The fourth-order valence-electron chi connectivity index (χ4n) is 14.4. The van der Waals surface area contributed by atoms with Crippen LogP contribution in [0.3, 0.4) is 0 Å². The van der Waals surface area contributed by atoms with E-state index in [1.165, 1.54) is 24.0 Å². The quantitative estimate of drug-likeness (QED) is 0.150. The topological polar surface area (TPSA) is 107 Å². The third-order valence-corrected chi connectivity index (χ3v) is 17.3. The standard InChI is InChI=1S/C49H73ClN2O5.CH4O/c1-32(2)43-37(54)27-49(40(55)30-52(26-25-51-23-9-10-24-51)29-33-11-13-34(50)14-12-33)22-17-36-35(44(43)49)15-16-39-47(36,7)20-18-38-46(5,6)41(19-21-48(38,39)8)57-42(56)28-45(3,4)31-53;1-2/h11-14,31-32,35-36,38-41,55H,9-10,15-30H2,1-8H3;2H,1H3/t35?,36?,38?,39?,40-,41?,47?,48?,49?;/m0./s1. The Hall–Kier alpha value is -2.10. The third-order valence-electron chi connectivity index (χ3n) is 17.1. The van der Waals surface area contributed by atoms with Crippen LogP contribution in [0.25, 0.3) is 0 Å². The van der Waals surface area contributed by atoms with Crippen LogP contribution in [0.2, 0.25) is 5.02 Å². The smallest absolute Gasteiger partial charge is 0.307 e. The molecule has 5 aliphatic carbocycles. The fourth-order valence-corrected chi connectivity index (χ4v) is 14.5. The van der Waals surface area contributed by atoms with Crippen molar-refractivity contribution in [1.29, 1.82) is 0 Å². The van der Waals surface area contributed by atoms with E-state index in [4.69, 9.17) is 21.4 Å². The molecule has 59 heavy (non-hydrogen) atoms. The molecule has 9 heteroatoms. The number of aliphatic hydroxyl groups excluding tert-OH is 2. The largest absolute Gasteiger partial charge is 0.462 e. The molecule has 0 spiro atoms. The SMILES string of the molecule is CC(C)C1=C2C3CCC4C(C)(CCC5C(C)(C)C(OC(=O)CC(C)(C)C=O)CCC54C)C3CCC2([C@@H](O)CN(CCN2CCCC2)Cc2ccc(Cl)cc2)CC1=O.CO. The first-order chi connectivity index (χ1) is 27.8. The number of ketones is 1. The number of esters is 1. The number of aliphatic hydroxyl groups is 2. The number of hydrogen-bond acceptors (Lipinski definition) is 8. The zero-order valence-electron chi connectivity index (χ0n) is 38.0. The summed E-state index contributed by atoms with van der Waals surface area (Å²) < 4.78 is 6.25. The van der Waals surface area contributed by atoms with Crippen molar-refractivity contribution in [1.82, 2.24) is 9.80 Å². The van der Waals surface area contributed by atoms with Crippen LogP contribution < -0.4 is 0 Å². The second-order valence-corrected chi connectivity index (χ2v) is 22.2. The highest BCUT2D eigenvalue weighted by molar-refractivity contribution is 6.30. The molecule has 1 aromatic carbocycles. The summed E-state index contributed by atoms with van der Waals surface area (Å²) in [4.78, 5) is 44.0. The van der Waals surface area contributed by atoms with Crippen molar-refractivity contribution in [3.05, 3.63) is 46.0 Å². The molecule has 6 aliphatic rings. The van der Waals surface area contributed by atoms with Gasteiger partial charge in [-0.05, 0) is 141 Å². The lowest BCUT2D eigenvalue weighted by molar-refractivity contribution is -0.214. The molecule has 0 amide bonds. The minimum absolute atomic E-state index is 0.112. The van der Waals surface area contributed by atoms with Gasteiger partial charge in [-0.3, -0.25) is 14.5 Å². The van der Waals surface area contributed by atoms with Gasteiger partial charge in [-0.15, -0.1) is 0 Å². The number of rotatable bonds is 13. The Labute approximate surface area is 361 Å². The predicted octanol–water partition coefficient (Wildman–Crippen LogP) is 9.32. The maximum Gasteiger partial charge on any atom is 0.307 e. The van der Waals surface area contributed by atoms with Crippen LogP contribution in [0.1, 0.15) is 138 Å². The second kappa shape index (κ2) is 17.9. The number of carbonyl (C=O) groups is 3. The van der Waals surface area contributed by atoms with Crippen molar-refractivity contribution in [2.45, 2.75) is 151 Å². The van der Waals surface area contributed by atoms with Gasteiger partial charge in [0.05, 0.1) is 12.5 Å². The molecule has 1 aliphatic heterocycles. The molecule has 1 heterocycles. The summed E-state index contributed by atoms with van der Waals surface area (Å²) in [6.45, 7) is 23.3. The van der Waals surface area contributed by atoms with Gasteiger partial charge >= 0.3 is 5.97 Å².